The second kappa shape index (κ2) is 11.5. The maximum atomic E-state index is 13.2. The topological polar surface area (TPSA) is 129 Å². The number of amides is 3. The molecule has 170 valence electrons. The lowest BCUT2D eigenvalue weighted by Crippen LogP contribution is -2.53. The lowest BCUT2D eigenvalue weighted by atomic mass is 9.96. The van der Waals surface area contributed by atoms with Gasteiger partial charge in [0.1, 0.15) is 0 Å². The standard InChI is InChI=1S/C23H35N5O3/c1-14(2)21(29)19(10-7-11-25-23(24)31)28-22(30)20(27-15(3)4)12-16-13-26-18-9-6-5-8-17(16)18/h5-6,8-9,13-15,19-20,26-27H,7,10-12H2,1-4H3,(H,28,30)(H3,24,25,31)/t19-,20?/m0/s1. The number of H-pyrrole nitrogens is 1. The van der Waals surface area contributed by atoms with Gasteiger partial charge >= 0.3 is 6.03 Å². The zero-order valence-corrected chi connectivity index (χ0v) is 18.8. The van der Waals surface area contributed by atoms with E-state index in [2.05, 4.69) is 20.9 Å². The van der Waals surface area contributed by atoms with Crippen LogP contribution in [-0.4, -0.2) is 47.4 Å². The number of benzene rings is 1. The number of Topliss-reactive ketones (excluding diaryl/α,β-unsaturated/α-hetero) is 1. The fraction of sp³-hybridized carbons (Fsp3) is 0.522. The second-order valence-electron chi connectivity index (χ2n) is 8.49. The molecule has 0 saturated heterocycles. The Morgan fingerprint density at radius 3 is 2.42 bits per heavy atom. The average Bonchev–Trinajstić information content (AvgIpc) is 3.11. The number of nitrogens with one attached hydrogen (secondary N) is 4. The highest BCUT2D eigenvalue weighted by Crippen LogP contribution is 2.19. The summed E-state index contributed by atoms with van der Waals surface area (Å²) in [7, 11) is 0. The van der Waals surface area contributed by atoms with E-state index in [1.165, 1.54) is 0 Å². The van der Waals surface area contributed by atoms with Gasteiger partial charge in [-0.15, -0.1) is 0 Å². The van der Waals surface area contributed by atoms with Crippen molar-refractivity contribution < 1.29 is 14.4 Å². The van der Waals surface area contributed by atoms with Crippen molar-refractivity contribution in [3.8, 4) is 0 Å². The van der Waals surface area contributed by atoms with E-state index in [9.17, 15) is 14.4 Å². The summed E-state index contributed by atoms with van der Waals surface area (Å²) in [6.45, 7) is 7.97. The molecule has 0 saturated carbocycles. The number of nitrogens with two attached hydrogens (primary N) is 1. The van der Waals surface area contributed by atoms with Crippen LogP contribution in [0.2, 0.25) is 0 Å². The van der Waals surface area contributed by atoms with E-state index in [0.29, 0.717) is 25.8 Å². The molecular formula is C23H35N5O3. The SMILES string of the molecule is CC(C)NC(Cc1c[nH]c2ccccc12)C(=O)N[C@@H](CCCNC(N)=O)C(=O)C(C)C. The van der Waals surface area contributed by atoms with Crippen LogP contribution in [0.4, 0.5) is 4.79 Å². The Morgan fingerprint density at radius 2 is 1.77 bits per heavy atom. The third kappa shape index (κ3) is 7.40. The van der Waals surface area contributed by atoms with Crippen LogP contribution in [0.3, 0.4) is 0 Å². The zero-order chi connectivity index (χ0) is 23.0. The molecule has 8 nitrogen and oxygen atoms in total. The predicted octanol–water partition coefficient (Wildman–Crippen LogP) is 2.24. The number of hydrogen-bond acceptors (Lipinski definition) is 4. The van der Waals surface area contributed by atoms with Gasteiger partial charge in [0.2, 0.25) is 5.91 Å². The minimum atomic E-state index is -0.610. The van der Waals surface area contributed by atoms with E-state index < -0.39 is 18.1 Å². The van der Waals surface area contributed by atoms with Crippen LogP contribution in [0, 0.1) is 5.92 Å². The fourth-order valence-corrected chi connectivity index (χ4v) is 3.63. The van der Waals surface area contributed by atoms with Crippen molar-refractivity contribution in [2.24, 2.45) is 11.7 Å². The van der Waals surface area contributed by atoms with Gasteiger partial charge in [-0.05, 0) is 30.9 Å². The van der Waals surface area contributed by atoms with Crippen molar-refractivity contribution in [1.29, 1.82) is 0 Å². The molecule has 0 aliphatic heterocycles. The number of primary amides is 1. The molecule has 0 radical (unpaired) electrons. The van der Waals surface area contributed by atoms with E-state index >= 15 is 0 Å². The van der Waals surface area contributed by atoms with Crippen molar-refractivity contribution in [3.63, 3.8) is 0 Å². The number of aromatic amines is 1. The Hall–Kier alpha value is -2.87. The third-order valence-electron chi connectivity index (χ3n) is 5.15. The van der Waals surface area contributed by atoms with E-state index in [-0.39, 0.29) is 23.7 Å². The first-order valence-corrected chi connectivity index (χ1v) is 10.9. The molecule has 1 aromatic carbocycles. The predicted molar refractivity (Wildman–Crippen MR) is 123 cm³/mol. The van der Waals surface area contributed by atoms with Crippen LogP contribution in [0.15, 0.2) is 30.5 Å². The van der Waals surface area contributed by atoms with Crippen molar-refractivity contribution in [3.05, 3.63) is 36.0 Å². The molecule has 1 aromatic heterocycles. The fourth-order valence-electron chi connectivity index (χ4n) is 3.63. The van der Waals surface area contributed by atoms with E-state index in [4.69, 9.17) is 5.73 Å². The lowest BCUT2D eigenvalue weighted by Gasteiger charge is -2.25. The summed E-state index contributed by atoms with van der Waals surface area (Å²) in [5.74, 6) is -0.441. The molecule has 0 aliphatic rings. The van der Waals surface area contributed by atoms with Crippen LogP contribution in [0.25, 0.3) is 10.9 Å². The minimum absolute atomic E-state index is 0.0252. The van der Waals surface area contributed by atoms with Crippen molar-refractivity contribution in [1.82, 2.24) is 20.9 Å². The molecule has 3 amide bonds. The number of rotatable bonds is 12. The number of fused-ring (bicyclic) bond motifs is 1. The second-order valence-corrected chi connectivity index (χ2v) is 8.49. The number of para-hydroxylation sites is 1. The maximum Gasteiger partial charge on any atom is 0.312 e. The number of ketones is 1. The van der Waals surface area contributed by atoms with Gasteiger partial charge in [0.25, 0.3) is 0 Å². The Labute approximate surface area is 183 Å². The summed E-state index contributed by atoms with van der Waals surface area (Å²) < 4.78 is 0. The largest absolute Gasteiger partial charge is 0.361 e. The molecule has 2 aromatic rings. The molecule has 2 atom stereocenters. The summed E-state index contributed by atoms with van der Waals surface area (Å²) in [6.07, 6.45) is 3.40. The Kier molecular flexibility index (Phi) is 9.05. The number of carbonyl (C=O) groups is 3. The molecular weight excluding hydrogens is 394 g/mol. The highest BCUT2D eigenvalue weighted by atomic mass is 16.2. The van der Waals surface area contributed by atoms with Crippen molar-refractivity contribution in [2.75, 3.05) is 6.54 Å². The van der Waals surface area contributed by atoms with Gasteiger partial charge in [-0.2, -0.15) is 0 Å². The smallest absolute Gasteiger partial charge is 0.312 e. The van der Waals surface area contributed by atoms with E-state index in [0.717, 1.165) is 16.5 Å². The summed E-state index contributed by atoms with van der Waals surface area (Å²) in [6, 6.07) is 6.38. The van der Waals surface area contributed by atoms with E-state index in [1.54, 1.807) is 0 Å². The number of hydrogen-bond donors (Lipinski definition) is 5. The summed E-state index contributed by atoms with van der Waals surface area (Å²) in [5, 5.41) is 9.87. The van der Waals surface area contributed by atoms with Crippen LogP contribution < -0.4 is 21.7 Å². The van der Waals surface area contributed by atoms with Crippen molar-refractivity contribution in [2.45, 2.75) is 65.1 Å². The molecule has 6 N–H and O–H groups in total. The Bertz CT molecular complexity index is 890. The van der Waals surface area contributed by atoms with Gasteiger partial charge in [0.15, 0.2) is 5.78 Å². The minimum Gasteiger partial charge on any atom is -0.361 e. The average molecular weight is 430 g/mol. The first kappa shape index (κ1) is 24.4. The monoisotopic (exact) mass is 429 g/mol. The summed E-state index contributed by atoms with van der Waals surface area (Å²) >= 11 is 0. The molecule has 31 heavy (non-hydrogen) atoms. The summed E-state index contributed by atoms with van der Waals surface area (Å²) in [5.41, 5.74) is 7.16. The zero-order valence-electron chi connectivity index (χ0n) is 18.8. The van der Waals surface area contributed by atoms with Crippen LogP contribution in [-0.2, 0) is 16.0 Å². The van der Waals surface area contributed by atoms with Gasteiger partial charge in [-0.1, -0.05) is 45.9 Å². The van der Waals surface area contributed by atoms with Crippen LogP contribution >= 0.6 is 0 Å². The highest BCUT2D eigenvalue weighted by Gasteiger charge is 2.27. The highest BCUT2D eigenvalue weighted by molar-refractivity contribution is 5.92. The van der Waals surface area contributed by atoms with Gasteiger partial charge in [-0.3, -0.25) is 9.59 Å². The number of urea groups is 1. The maximum absolute atomic E-state index is 13.2. The number of carbonyl (C=O) groups excluding carboxylic acids is 3. The van der Waals surface area contributed by atoms with Gasteiger partial charge in [0.05, 0.1) is 12.1 Å². The molecule has 0 spiro atoms. The normalized spacial score (nSPS) is 13.4. The van der Waals surface area contributed by atoms with Gasteiger partial charge in [0, 0.05) is 35.6 Å². The van der Waals surface area contributed by atoms with Crippen LogP contribution in [0.5, 0.6) is 0 Å². The molecule has 0 fully saturated rings. The first-order valence-electron chi connectivity index (χ1n) is 10.9. The molecule has 1 unspecified atom stereocenters. The van der Waals surface area contributed by atoms with Crippen molar-refractivity contribution >= 4 is 28.6 Å². The van der Waals surface area contributed by atoms with Gasteiger partial charge in [-0.25, -0.2) is 4.79 Å². The number of aromatic nitrogens is 1. The Morgan fingerprint density at radius 1 is 1.06 bits per heavy atom. The van der Waals surface area contributed by atoms with Crippen LogP contribution in [0.1, 0.15) is 46.1 Å². The third-order valence-corrected chi connectivity index (χ3v) is 5.15. The quantitative estimate of drug-likeness (QED) is 0.331. The molecule has 8 heteroatoms. The first-order chi connectivity index (χ1) is 14.7. The van der Waals surface area contributed by atoms with E-state index in [1.807, 2.05) is 58.2 Å². The Balaban J connectivity index is 2.13. The molecule has 0 aliphatic carbocycles. The molecule has 0 bridgehead atoms. The molecule has 2 rings (SSSR count). The lowest BCUT2D eigenvalue weighted by molar-refractivity contribution is -0.130. The molecule has 1 heterocycles. The van der Waals surface area contributed by atoms with Gasteiger partial charge < -0.3 is 26.7 Å². The summed E-state index contributed by atoms with van der Waals surface area (Å²) in [4.78, 5) is 40.0.